The van der Waals surface area contributed by atoms with Crippen molar-refractivity contribution in [1.82, 2.24) is 5.32 Å². The topological polar surface area (TPSA) is 49.3 Å². The van der Waals surface area contributed by atoms with Crippen LogP contribution in [0.1, 0.15) is 37.6 Å². The molecule has 0 atom stereocenters. The van der Waals surface area contributed by atoms with Gasteiger partial charge < -0.3 is 10.4 Å². The monoisotopic (exact) mass is 239 g/mol. The number of hydrogen-bond donors (Lipinski definition) is 2. The maximum Gasteiger partial charge on any atom is 0.255 e. The van der Waals surface area contributed by atoms with Crippen LogP contribution in [0.25, 0.3) is 0 Å². The average Bonchev–Trinajstić information content (AvgIpc) is 2.29. The predicted octanol–water partition coefficient (Wildman–Crippen LogP) is 2.70. The van der Waals surface area contributed by atoms with Gasteiger partial charge in [0, 0.05) is 6.54 Å². The van der Waals surface area contributed by atoms with Gasteiger partial charge in [0.15, 0.2) is 0 Å². The Hall–Kier alpha value is -1.58. The SMILES string of the molecule is CCC(C)(C)CNC(=O)c1cc(F)ccc1O. The average molecular weight is 239 g/mol. The number of hydrogen-bond acceptors (Lipinski definition) is 2. The van der Waals surface area contributed by atoms with E-state index in [9.17, 15) is 14.3 Å². The fraction of sp³-hybridized carbons (Fsp3) is 0.462. The number of phenols is 1. The minimum absolute atomic E-state index is 0.0153. The zero-order chi connectivity index (χ0) is 13.1. The van der Waals surface area contributed by atoms with Crippen molar-refractivity contribution >= 4 is 5.91 Å². The summed E-state index contributed by atoms with van der Waals surface area (Å²) in [6.07, 6.45) is 0.919. The van der Waals surface area contributed by atoms with Gasteiger partial charge in [-0.15, -0.1) is 0 Å². The molecule has 17 heavy (non-hydrogen) atoms. The van der Waals surface area contributed by atoms with Crippen molar-refractivity contribution in [2.75, 3.05) is 6.54 Å². The molecule has 1 aromatic carbocycles. The minimum atomic E-state index is -0.539. The fourth-order valence-corrected chi connectivity index (χ4v) is 1.23. The van der Waals surface area contributed by atoms with Crippen LogP contribution in [0.15, 0.2) is 18.2 Å². The standard InChI is InChI=1S/C13H18FNO2/c1-4-13(2,3)8-15-12(17)10-7-9(14)5-6-11(10)16/h5-7,16H,4,8H2,1-3H3,(H,15,17). The summed E-state index contributed by atoms with van der Waals surface area (Å²) in [7, 11) is 0. The van der Waals surface area contributed by atoms with Crippen LogP contribution in [0.2, 0.25) is 0 Å². The van der Waals surface area contributed by atoms with Gasteiger partial charge in [-0.3, -0.25) is 4.79 Å². The van der Waals surface area contributed by atoms with Crippen LogP contribution in [0, 0.1) is 11.2 Å². The first-order valence-electron chi connectivity index (χ1n) is 5.62. The lowest BCUT2D eigenvalue weighted by molar-refractivity contribution is 0.0932. The van der Waals surface area contributed by atoms with Gasteiger partial charge in [-0.05, 0) is 30.0 Å². The molecule has 0 heterocycles. The highest BCUT2D eigenvalue weighted by Crippen LogP contribution is 2.20. The lowest BCUT2D eigenvalue weighted by Crippen LogP contribution is -2.33. The molecule has 1 amide bonds. The first-order valence-corrected chi connectivity index (χ1v) is 5.62. The molecule has 0 aliphatic carbocycles. The van der Waals surface area contributed by atoms with Gasteiger partial charge in [0.1, 0.15) is 11.6 Å². The van der Waals surface area contributed by atoms with Gasteiger partial charge in [-0.2, -0.15) is 0 Å². The van der Waals surface area contributed by atoms with Crippen molar-refractivity contribution in [3.05, 3.63) is 29.6 Å². The Balaban J connectivity index is 2.74. The Kier molecular flexibility index (Phi) is 4.10. The molecule has 1 aromatic rings. The van der Waals surface area contributed by atoms with E-state index in [-0.39, 0.29) is 16.7 Å². The highest BCUT2D eigenvalue weighted by Gasteiger charge is 2.18. The van der Waals surface area contributed by atoms with Crippen molar-refractivity contribution in [2.45, 2.75) is 27.2 Å². The van der Waals surface area contributed by atoms with E-state index in [1.165, 1.54) is 6.07 Å². The van der Waals surface area contributed by atoms with E-state index in [4.69, 9.17) is 0 Å². The van der Waals surface area contributed by atoms with Crippen molar-refractivity contribution in [3.8, 4) is 5.75 Å². The summed E-state index contributed by atoms with van der Waals surface area (Å²) in [5, 5.41) is 12.2. The van der Waals surface area contributed by atoms with E-state index in [2.05, 4.69) is 5.32 Å². The number of nitrogens with one attached hydrogen (secondary N) is 1. The molecule has 4 heteroatoms. The highest BCUT2D eigenvalue weighted by atomic mass is 19.1. The summed E-state index contributed by atoms with van der Waals surface area (Å²) in [5.74, 6) is -1.20. The number of aromatic hydroxyl groups is 1. The largest absolute Gasteiger partial charge is 0.507 e. The van der Waals surface area contributed by atoms with Crippen LogP contribution in [0.5, 0.6) is 5.75 Å². The zero-order valence-corrected chi connectivity index (χ0v) is 10.4. The number of carbonyl (C=O) groups excluding carboxylic acids is 1. The quantitative estimate of drug-likeness (QED) is 0.848. The molecule has 0 saturated carbocycles. The van der Waals surface area contributed by atoms with Gasteiger partial charge in [-0.1, -0.05) is 20.8 Å². The van der Waals surface area contributed by atoms with Crippen LogP contribution in [-0.2, 0) is 0 Å². The molecule has 0 unspecified atom stereocenters. The van der Waals surface area contributed by atoms with Crippen molar-refractivity contribution in [1.29, 1.82) is 0 Å². The summed E-state index contributed by atoms with van der Waals surface area (Å²) in [6.45, 7) is 6.57. The van der Waals surface area contributed by atoms with E-state index >= 15 is 0 Å². The molecule has 94 valence electrons. The Morgan fingerprint density at radius 1 is 1.47 bits per heavy atom. The second-order valence-electron chi connectivity index (χ2n) is 4.86. The Bertz CT molecular complexity index is 416. The molecule has 2 N–H and O–H groups in total. The Morgan fingerprint density at radius 3 is 2.71 bits per heavy atom. The third-order valence-corrected chi connectivity index (χ3v) is 2.89. The van der Waals surface area contributed by atoms with Crippen LogP contribution >= 0.6 is 0 Å². The van der Waals surface area contributed by atoms with E-state index in [0.717, 1.165) is 18.6 Å². The van der Waals surface area contributed by atoms with Gasteiger partial charge in [0.05, 0.1) is 5.56 Å². The summed E-state index contributed by atoms with van der Waals surface area (Å²) in [6, 6.07) is 3.32. The molecule has 0 aliphatic rings. The molecule has 1 rings (SSSR count). The zero-order valence-electron chi connectivity index (χ0n) is 10.4. The van der Waals surface area contributed by atoms with Crippen molar-refractivity contribution in [2.24, 2.45) is 5.41 Å². The predicted molar refractivity (Wildman–Crippen MR) is 64.5 cm³/mol. The van der Waals surface area contributed by atoms with Gasteiger partial charge in [-0.25, -0.2) is 4.39 Å². The molecule has 0 spiro atoms. The Morgan fingerprint density at radius 2 is 2.12 bits per heavy atom. The first kappa shape index (κ1) is 13.5. The van der Waals surface area contributed by atoms with Crippen molar-refractivity contribution in [3.63, 3.8) is 0 Å². The molecular formula is C13H18FNO2. The molecule has 0 fully saturated rings. The molecule has 0 radical (unpaired) electrons. The lowest BCUT2D eigenvalue weighted by atomic mass is 9.90. The first-order chi connectivity index (χ1) is 7.85. The summed E-state index contributed by atoms with van der Waals surface area (Å²) in [5.41, 5.74) is -0.0459. The molecule has 0 aliphatic heterocycles. The smallest absolute Gasteiger partial charge is 0.255 e. The number of halogens is 1. The number of carbonyl (C=O) groups is 1. The number of amides is 1. The normalized spacial score (nSPS) is 11.3. The second kappa shape index (κ2) is 5.17. The Labute approximate surface area is 101 Å². The van der Waals surface area contributed by atoms with E-state index in [0.29, 0.717) is 6.54 Å². The van der Waals surface area contributed by atoms with Gasteiger partial charge in [0.2, 0.25) is 0 Å². The number of phenolic OH excluding ortho intramolecular Hbond substituents is 1. The van der Waals surface area contributed by atoms with Crippen LogP contribution in [0.3, 0.4) is 0 Å². The molecule has 0 aromatic heterocycles. The summed E-state index contributed by atoms with van der Waals surface area (Å²) < 4.78 is 13.0. The highest BCUT2D eigenvalue weighted by molar-refractivity contribution is 5.96. The van der Waals surface area contributed by atoms with Crippen LogP contribution < -0.4 is 5.32 Å². The number of benzene rings is 1. The van der Waals surface area contributed by atoms with E-state index in [1.54, 1.807) is 0 Å². The van der Waals surface area contributed by atoms with Crippen LogP contribution in [-0.4, -0.2) is 17.6 Å². The maximum atomic E-state index is 13.0. The van der Waals surface area contributed by atoms with E-state index < -0.39 is 11.7 Å². The fourth-order valence-electron chi connectivity index (χ4n) is 1.23. The number of rotatable bonds is 4. The van der Waals surface area contributed by atoms with Crippen molar-refractivity contribution < 1.29 is 14.3 Å². The van der Waals surface area contributed by atoms with E-state index in [1.807, 2.05) is 20.8 Å². The maximum absolute atomic E-state index is 13.0. The molecule has 0 saturated heterocycles. The minimum Gasteiger partial charge on any atom is -0.507 e. The molecular weight excluding hydrogens is 221 g/mol. The third kappa shape index (κ3) is 3.73. The lowest BCUT2D eigenvalue weighted by Gasteiger charge is -2.22. The summed E-state index contributed by atoms with van der Waals surface area (Å²) >= 11 is 0. The van der Waals surface area contributed by atoms with Gasteiger partial charge in [0.25, 0.3) is 5.91 Å². The van der Waals surface area contributed by atoms with Gasteiger partial charge >= 0.3 is 0 Å². The van der Waals surface area contributed by atoms with Crippen LogP contribution in [0.4, 0.5) is 4.39 Å². The third-order valence-electron chi connectivity index (χ3n) is 2.89. The summed E-state index contributed by atoms with van der Waals surface area (Å²) in [4.78, 5) is 11.7. The second-order valence-corrected chi connectivity index (χ2v) is 4.86. The molecule has 0 bridgehead atoms. The molecule has 3 nitrogen and oxygen atoms in total.